The maximum Gasteiger partial charge on any atom is 0.342 e. The van der Waals surface area contributed by atoms with Gasteiger partial charge in [0.05, 0.1) is 29.8 Å². The fourth-order valence-corrected chi connectivity index (χ4v) is 7.18. The Bertz CT molecular complexity index is 1390. The van der Waals surface area contributed by atoms with Crippen molar-refractivity contribution < 1.29 is 33.0 Å². The highest BCUT2D eigenvalue weighted by Gasteiger charge is 2.64. The van der Waals surface area contributed by atoms with Crippen molar-refractivity contribution in [3.8, 4) is 0 Å². The highest BCUT2D eigenvalue weighted by Crippen LogP contribution is 2.55. The summed E-state index contributed by atoms with van der Waals surface area (Å²) in [5.41, 5.74) is -0.659. The van der Waals surface area contributed by atoms with Gasteiger partial charge in [-0.1, -0.05) is 91.0 Å². The molecule has 5 rings (SSSR count). The van der Waals surface area contributed by atoms with E-state index in [9.17, 15) is 28.2 Å². The van der Waals surface area contributed by atoms with Crippen molar-refractivity contribution in [2.24, 2.45) is 5.41 Å². The molecule has 3 aromatic carbocycles. The average Bonchev–Trinajstić information content (AvgIpc) is 3.32. The fraction of sp³-hybridized carbons (Fsp3) is 0.333. The topological polar surface area (TPSA) is 124 Å². The quantitative estimate of drug-likeness (QED) is 0.423. The van der Waals surface area contributed by atoms with Crippen molar-refractivity contribution in [2.75, 3.05) is 19.4 Å². The Balaban J connectivity index is 1.83. The number of urea groups is 1. The molecular weight excluding hydrogens is 532 g/mol. The molecule has 2 N–H and O–H groups in total. The second-order valence-electron chi connectivity index (χ2n) is 10.5. The number of hydrogen-bond acceptors (Lipinski definition) is 7. The summed E-state index contributed by atoms with van der Waals surface area (Å²) in [5, 5.41) is 20.1. The Morgan fingerprint density at radius 3 is 1.73 bits per heavy atom. The molecule has 2 aliphatic rings. The standard InChI is InChI=1S/C30H32N2O7S/c1-29(20-31(26-18-24(34)25(19-33)39-26)28(36)32(27(29)35)40(2,37)38)30(21-12-6-3-7-13-21,22-14-8-4-9-15-22)23-16-10-5-11-17-23/h3-17,24-26,33-34H,18-20H2,1-2H3/t24-,25+,26+,29?/m0/s1. The van der Waals surface area contributed by atoms with Gasteiger partial charge < -0.3 is 14.9 Å². The number of rotatable bonds is 7. The van der Waals surface area contributed by atoms with Gasteiger partial charge in [0.25, 0.3) is 5.91 Å². The van der Waals surface area contributed by atoms with Gasteiger partial charge in [-0.3, -0.25) is 9.69 Å². The van der Waals surface area contributed by atoms with Crippen LogP contribution in [0.3, 0.4) is 0 Å². The van der Waals surface area contributed by atoms with Gasteiger partial charge in [0.15, 0.2) is 0 Å². The molecule has 40 heavy (non-hydrogen) atoms. The van der Waals surface area contributed by atoms with Crippen LogP contribution in [-0.2, 0) is 25.0 Å². The zero-order valence-corrected chi connectivity index (χ0v) is 23.1. The summed E-state index contributed by atoms with van der Waals surface area (Å²) in [6.45, 7) is 0.980. The minimum Gasteiger partial charge on any atom is -0.394 e. The molecule has 10 heteroatoms. The van der Waals surface area contributed by atoms with E-state index < -0.39 is 57.8 Å². The number of carbonyl (C=O) groups is 2. The molecule has 2 fully saturated rings. The molecule has 2 aliphatic heterocycles. The zero-order valence-electron chi connectivity index (χ0n) is 22.3. The van der Waals surface area contributed by atoms with E-state index in [1.807, 2.05) is 91.0 Å². The number of aliphatic hydroxyl groups is 2. The van der Waals surface area contributed by atoms with E-state index in [0.29, 0.717) is 4.31 Å². The van der Waals surface area contributed by atoms with E-state index >= 15 is 0 Å². The van der Waals surface area contributed by atoms with E-state index in [1.165, 1.54) is 4.90 Å². The van der Waals surface area contributed by atoms with Crippen LogP contribution in [0.1, 0.15) is 30.0 Å². The first-order valence-electron chi connectivity index (χ1n) is 13.0. The number of imide groups is 1. The van der Waals surface area contributed by atoms with Crippen LogP contribution in [-0.4, -0.2) is 77.6 Å². The van der Waals surface area contributed by atoms with Crippen molar-refractivity contribution in [3.05, 3.63) is 108 Å². The normalized spacial score (nSPS) is 25.9. The van der Waals surface area contributed by atoms with E-state index in [4.69, 9.17) is 4.74 Å². The predicted molar refractivity (Wildman–Crippen MR) is 147 cm³/mol. The summed E-state index contributed by atoms with van der Waals surface area (Å²) >= 11 is 0. The van der Waals surface area contributed by atoms with Crippen LogP contribution in [0.15, 0.2) is 91.0 Å². The van der Waals surface area contributed by atoms with Crippen LogP contribution in [0.5, 0.6) is 0 Å². The van der Waals surface area contributed by atoms with Crippen molar-refractivity contribution >= 4 is 22.0 Å². The van der Waals surface area contributed by atoms with E-state index in [2.05, 4.69) is 0 Å². The molecule has 210 valence electrons. The first kappa shape index (κ1) is 28.0. The number of sulfonamides is 1. The number of nitrogens with zero attached hydrogens (tertiary/aromatic N) is 2. The third-order valence-electron chi connectivity index (χ3n) is 8.07. The molecule has 2 saturated heterocycles. The number of ether oxygens (including phenoxy) is 1. The van der Waals surface area contributed by atoms with Gasteiger partial charge in [0, 0.05) is 13.0 Å². The van der Waals surface area contributed by atoms with Crippen LogP contribution >= 0.6 is 0 Å². The smallest absolute Gasteiger partial charge is 0.342 e. The van der Waals surface area contributed by atoms with Gasteiger partial charge >= 0.3 is 6.03 Å². The minimum absolute atomic E-state index is 0.0478. The van der Waals surface area contributed by atoms with Crippen LogP contribution in [0, 0.1) is 5.41 Å². The lowest BCUT2D eigenvalue weighted by Crippen LogP contribution is -2.70. The second-order valence-corrected chi connectivity index (χ2v) is 12.4. The summed E-state index contributed by atoms with van der Waals surface area (Å²) in [6, 6.07) is 27.0. The third-order valence-corrected chi connectivity index (χ3v) is 9.06. The summed E-state index contributed by atoms with van der Waals surface area (Å²) < 4.78 is 32.4. The monoisotopic (exact) mass is 564 g/mol. The van der Waals surface area contributed by atoms with Crippen molar-refractivity contribution in [1.82, 2.24) is 9.21 Å². The fourth-order valence-electron chi connectivity index (χ4n) is 6.29. The molecule has 0 spiro atoms. The second kappa shape index (κ2) is 10.4. The maximum absolute atomic E-state index is 14.6. The lowest BCUT2D eigenvalue weighted by molar-refractivity contribution is -0.147. The minimum atomic E-state index is -4.37. The molecule has 3 aromatic rings. The Hall–Kier alpha value is -3.57. The largest absolute Gasteiger partial charge is 0.394 e. The summed E-state index contributed by atoms with van der Waals surface area (Å²) in [4.78, 5) is 29.5. The zero-order chi connectivity index (χ0) is 28.7. The molecule has 2 heterocycles. The molecule has 9 nitrogen and oxygen atoms in total. The molecule has 3 amide bonds. The molecule has 0 aliphatic carbocycles. The van der Waals surface area contributed by atoms with E-state index in [0.717, 1.165) is 22.9 Å². The molecule has 0 bridgehead atoms. The number of benzene rings is 3. The molecule has 0 aromatic heterocycles. The Labute approximate surface area is 233 Å². The van der Waals surface area contributed by atoms with E-state index in [1.54, 1.807) is 6.92 Å². The van der Waals surface area contributed by atoms with Crippen LogP contribution in [0.4, 0.5) is 4.79 Å². The van der Waals surface area contributed by atoms with Crippen molar-refractivity contribution in [3.63, 3.8) is 0 Å². The molecular formula is C30H32N2O7S. The SMILES string of the molecule is CC1(C(c2ccccc2)(c2ccccc2)c2ccccc2)CN([C@H]2C[C@H](O)[C@@H](CO)O2)C(=O)N(S(C)(=O)=O)C1=O. The average molecular weight is 565 g/mol. The van der Waals surface area contributed by atoms with Crippen molar-refractivity contribution in [2.45, 2.75) is 37.2 Å². The summed E-state index contributed by atoms with van der Waals surface area (Å²) in [5.74, 6) is -0.870. The Morgan fingerprint density at radius 1 is 0.900 bits per heavy atom. The molecule has 0 radical (unpaired) electrons. The van der Waals surface area contributed by atoms with Crippen LogP contribution < -0.4 is 0 Å². The van der Waals surface area contributed by atoms with Gasteiger partial charge in [0.1, 0.15) is 12.3 Å². The summed E-state index contributed by atoms with van der Waals surface area (Å²) in [7, 11) is -4.37. The predicted octanol–water partition coefficient (Wildman–Crippen LogP) is 2.72. The lowest BCUT2D eigenvalue weighted by Gasteiger charge is -2.54. The number of carbonyl (C=O) groups excluding carboxylic acids is 2. The molecule has 1 unspecified atom stereocenters. The highest BCUT2D eigenvalue weighted by molar-refractivity contribution is 7.89. The lowest BCUT2D eigenvalue weighted by atomic mass is 9.53. The highest BCUT2D eigenvalue weighted by atomic mass is 32.2. The van der Waals surface area contributed by atoms with Gasteiger partial charge in [0.2, 0.25) is 10.0 Å². The van der Waals surface area contributed by atoms with Crippen LogP contribution in [0.25, 0.3) is 0 Å². The Kier molecular flexibility index (Phi) is 7.30. The van der Waals surface area contributed by atoms with Gasteiger partial charge in [-0.05, 0) is 23.6 Å². The van der Waals surface area contributed by atoms with Gasteiger partial charge in [-0.25, -0.2) is 13.2 Å². The summed E-state index contributed by atoms with van der Waals surface area (Å²) in [6.07, 6.45) is -2.30. The maximum atomic E-state index is 14.6. The van der Waals surface area contributed by atoms with Gasteiger partial charge in [-0.15, -0.1) is 0 Å². The third kappa shape index (κ3) is 4.32. The molecule has 0 saturated carbocycles. The van der Waals surface area contributed by atoms with Crippen LogP contribution in [0.2, 0.25) is 0 Å². The number of amides is 3. The number of hydrogen-bond donors (Lipinski definition) is 2. The number of aliphatic hydroxyl groups excluding tert-OH is 2. The first-order valence-corrected chi connectivity index (χ1v) is 14.9. The first-order chi connectivity index (χ1) is 19.1. The van der Waals surface area contributed by atoms with E-state index in [-0.39, 0.29) is 13.0 Å². The molecule has 4 atom stereocenters. The van der Waals surface area contributed by atoms with Crippen molar-refractivity contribution in [1.29, 1.82) is 0 Å². The van der Waals surface area contributed by atoms with Gasteiger partial charge in [-0.2, -0.15) is 4.31 Å². The Morgan fingerprint density at radius 2 is 1.35 bits per heavy atom.